The van der Waals surface area contributed by atoms with Gasteiger partial charge < -0.3 is 19.7 Å². The van der Waals surface area contributed by atoms with Crippen LogP contribution in [0.3, 0.4) is 0 Å². The van der Waals surface area contributed by atoms with Gasteiger partial charge in [-0.25, -0.2) is 4.39 Å². The predicted octanol–water partition coefficient (Wildman–Crippen LogP) is 2.00. The van der Waals surface area contributed by atoms with Crippen LogP contribution in [0.4, 0.5) is 4.39 Å². The summed E-state index contributed by atoms with van der Waals surface area (Å²) >= 11 is 0. The molecule has 0 spiro atoms. The average molecular weight is 387 g/mol. The van der Waals surface area contributed by atoms with E-state index in [1.807, 2.05) is 13.8 Å². The fourth-order valence-corrected chi connectivity index (χ4v) is 3.43. The van der Waals surface area contributed by atoms with Crippen LogP contribution in [-0.4, -0.2) is 44.9 Å². The number of hydrogen-bond acceptors (Lipinski definition) is 3. The van der Waals surface area contributed by atoms with Crippen LogP contribution in [-0.2, 0) is 4.74 Å². The molecule has 150 valence electrons. The van der Waals surface area contributed by atoms with E-state index >= 15 is 0 Å². The third-order valence-corrected chi connectivity index (χ3v) is 4.86. The number of morpholine rings is 1. The number of halogens is 1. The molecule has 1 fully saturated rings. The summed E-state index contributed by atoms with van der Waals surface area (Å²) in [5.41, 5.74) is 1.60. The summed E-state index contributed by atoms with van der Waals surface area (Å²) in [6, 6.07) is 13.7. The molecule has 2 aromatic carbocycles. The lowest BCUT2D eigenvalue weighted by atomic mass is 10.0. The highest BCUT2D eigenvalue weighted by molar-refractivity contribution is 5.94. The summed E-state index contributed by atoms with van der Waals surface area (Å²) in [7, 11) is 0. The Morgan fingerprint density at radius 2 is 1.75 bits per heavy atom. The third-order valence-electron chi connectivity index (χ3n) is 4.86. The van der Waals surface area contributed by atoms with Crippen LogP contribution in [0.2, 0.25) is 0 Å². The van der Waals surface area contributed by atoms with Crippen LogP contribution in [0.15, 0.2) is 48.5 Å². The van der Waals surface area contributed by atoms with E-state index in [2.05, 4.69) is 5.32 Å². The van der Waals surface area contributed by atoms with Crippen LogP contribution in [0.1, 0.15) is 35.8 Å². The van der Waals surface area contributed by atoms with Crippen molar-refractivity contribution in [3.8, 4) is 5.75 Å². The lowest BCUT2D eigenvalue weighted by Gasteiger charge is -2.32. The summed E-state index contributed by atoms with van der Waals surface area (Å²) in [4.78, 5) is 13.9. The molecule has 2 N–H and O–H groups in total. The Balaban J connectivity index is 1.66. The first-order valence-corrected chi connectivity index (χ1v) is 9.75. The van der Waals surface area contributed by atoms with Gasteiger partial charge in [-0.1, -0.05) is 12.1 Å². The van der Waals surface area contributed by atoms with Gasteiger partial charge >= 0.3 is 0 Å². The van der Waals surface area contributed by atoms with Crippen molar-refractivity contribution in [2.45, 2.75) is 26.0 Å². The van der Waals surface area contributed by atoms with Crippen molar-refractivity contribution >= 4 is 5.91 Å². The van der Waals surface area contributed by atoms with E-state index in [0.717, 1.165) is 24.4 Å². The quantitative estimate of drug-likeness (QED) is 0.764. The second-order valence-electron chi connectivity index (χ2n) is 7.28. The average Bonchev–Trinajstić information content (AvgIpc) is 2.70. The molecule has 1 aliphatic heterocycles. The highest BCUT2D eigenvalue weighted by Crippen LogP contribution is 2.15. The zero-order valence-corrected chi connectivity index (χ0v) is 16.4. The van der Waals surface area contributed by atoms with Crippen molar-refractivity contribution < 1.29 is 23.6 Å². The molecule has 1 aliphatic rings. The van der Waals surface area contributed by atoms with E-state index in [4.69, 9.17) is 9.47 Å². The molecular formula is C22H28FN2O3+. The number of hydrogen-bond donors (Lipinski definition) is 2. The number of ether oxygens (including phenoxy) is 2. The molecule has 5 nitrogen and oxygen atoms in total. The lowest BCUT2D eigenvalue weighted by molar-refractivity contribution is -0.937. The normalized spacial score (nSPS) is 16.0. The molecule has 1 saturated heterocycles. The Kier molecular flexibility index (Phi) is 7.01. The molecule has 0 unspecified atom stereocenters. The first kappa shape index (κ1) is 20.3. The third kappa shape index (κ3) is 5.53. The Morgan fingerprint density at radius 3 is 2.36 bits per heavy atom. The smallest absolute Gasteiger partial charge is 0.251 e. The topological polar surface area (TPSA) is 52.0 Å². The predicted molar refractivity (Wildman–Crippen MR) is 105 cm³/mol. The standard InChI is InChI=1S/C22H27FN2O3/c1-16(2)28-20-9-5-18(6-10-20)22(26)24-15-21(25-11-13-27-14-12-25)17-3-7-19(23)8-4-17/h3-10,16,21H,11-15H2,1-2H3,(H,24,26)/p+1/t21-/m1/s1. The summed E-state index contributed by atoms with van der Waals surface area (Å²) in [5, 5.41) is 3.03. The maximum Gasteiger partial charge on any atom is 0.251 e. The monoisotopic (exact) mass is 387 g/mol. The molecule has 6 heteroatoms. The minimum Gasteiger partial charge on any atom is -0.491 e. The maximum absolute atomic E-state index is 13.3. The van der Waals surface area contributed by atoms with Crippen molar-refractivity contribution in [1.29, 1.82) is 0 Å². The largest absolute Gasteiger partial charge is 0.491 e. The number of quaternary nitrogens is 1. The number of carbonyl (C=O) groups excluding carboxylic acids is 1. The molecular weight excluding hydrogens is 359 g/mol. The molecule has 0 saturated carbocycles. The van der Waals surface area contributed by atoms with E-state index < -0.39 is 0 Å². The summed E-state index contributed by atoms with van der Waals surface area (Å²) in [6.45, 7) is 7.51. The van der Waals surface area contributed by atoms with Crippen molar-refractivity contribution in [1.82, 2.24) is 5.32 Å². The highest BCUT2D eigenvalue weighted by Gasteiger charge is 2.27. The van der Waals surface area contributed by atoms with Gasteiger partial charge in [0.15, 0.2) is 0 Å². The highest BCUT2D eigenvalue weighted by atomic mass is 19.1. The Labute approximate surface area is 165 Å². The second-order valence-corrected chi connectivity index (χ2v) is 7.28. The molecule has 0 aliphatic carbocycles. The van der Waals surface area contributed by atoms with E-state index in [0.29, 0.717) is 25.3 Å². The number of carbonyl (C=O) groups is 1. The van der Waals surface area contributed by atoms with Gasteiger partial charge in [-0.05, 0) is 50.2 Å². The van der Waals surface area contributed by atoms with Crippen molar-refractivity contribution in [2.24, 2.45) is 0 Å². The maximum atomic E-state index is 13.3. The number of amides is 1. The van der Waals surface area contributed by atoms with E-state index in [1.165, 1.54) is 17.0 Å². The van der Waals surface area contributed by atoms with Gasteiger partial charge in [-0.15, -0.1) is 0 Å². The molecule has 1 atom stereocenters. The fourth-order valence-electron chi connectivity index (χ4n) is 3.43. The van der Waals surface area contributed by atoms with E-state index in [9.17, 15) is 9.18 Å². The SMILES string of the molecule is CC(C)Oc1ccc(C(=O)NC[C@H](c2ccc(F)cc2)[NH+]2CCOCC2)cc1. The van der Waals surface area contributed by atoms with Gasteiger partial charge in [0.2, 0.25) is 0 Å². The Hall–Kier alpha value is -2.44. The van der Waals surface area contributed by atoms with Gasteiger partial charge in [-0.3, -0.25) is 4.79 Å². The van der Waals surface area contributed by atoms with Crippen molar-refractivity contribution in [3.63, 3.8) is 0 Å². The van der Waals surface area contributed by atoms with Gasteiger partial charge in [0.25, 0.3) is 5.91 Å². The molecule has 0 aromatic heterocycles. The van der Waals surface area contributed by atoms with Crippen LogP contribution in [0, 0.1) is 5.82 Å². The number of nitrogens with one attached hydrogen (secondary N) is 2. The summed E-state index contributed by atoms with van der Waals surface area (Å²) < 4.78 is 24.4. The van der Waals surface area contributed by atoms with Gasteiger partial charge in [0, 0.05) is 11.1 Å². The molecule has 0 bridgehead atoms. The van der Waals surface area contributed by atoms with Crippen molar-refractivity contribution in [3.05, 3.63) is 65.5 Å². The molecule has 1 heterocycles. The first-order chi connectivity index (χ1) is 13.5. The van der Waals surface area contributed by atoms with Crippen LogP contribution < -0.4 is 15.0 Å². The first-order valence-electron chi connectivity index (χ1n) is 9.75. The van der Waals surface area contributed by atoms with Gasteiger partial charge in [0.1, 0.15) is 30.7 Å². The number of benzene rings is 2. The summed E-state index contributed by atoms with van der Waals surface area (Å²) in [6.07, 6.45) is 0.0904. The molecule has 2 aromatic rings. The minimum atomic E-state index is -0.257. The zero-order chi connectivity index (χ0) is 19.9. The zero-order valence-electron chi connectivity index (χ0n) is 16.4. The minimum absolute atomic E-state index is 0.0528. The van der Waals surface area contributed by atoms with E-state index in [-0.39, 0.29) is 23.9 Å². The van der Waals surface area contributed by atoms with Crippen molar-refractivity contribution in [2.75, 3.05) is 32.8 Å². The molecule has 0 radical (unpaired) electrons. The Morgan fingerprint density at radius 1 is 1.11 bits per heavy atom. The summed E-state index contributed by atoms with van der Waals surface area (Å²) in [5.74, 6) is 0.358. The van der Waals surface area contributed by atoms with Crippen LogP contribution in [0.5, 0.6) is 5.75 Å². The van der Waals surface area contributed by atoms with Gasteiger partial charge in [-0.2, -0.15) is 0 Å². The van der Waals surface area contributed by atoms with Crippen LogP contribution in [0.25, 0.3) is 0 Å². The van der Waals surface area contributed by atoms with Gasteiger partial charge in [0.05, 0.1) is 25.9 Å². The van der Waals surface area contributed by atoms with E-state index in [1.54, 1.807) is 36.4 Å². The molecule has 1 amide bonds. The second kappa shape index (κ2) is 9.66. The number of rotatable bonds is 7. The Bertz CT molecular complexity index is 756. The fraction of sp³-hybridized carbons (Fsp3) is 0.409. The van der Waals surface area contributed by atoms with Crippen LogP contribution >= 0.6 is 0 Å². The molecule has 28 heavy (non-hydrogen) atoms. The molecule has 3 rings (SSSR count). The lowest BCUT2D eigenvalue weighted by Crippen LogP contribution is -3.15.